The Labute approximate surface area is 182 Å². The van der Waals surface area contributed by atoms with Crippen LogP contribution in [0.15, 0.2) is 47.4 Å². The lowest BCUT2D eigenvalue weighted by atomic mass is 10.2. The normalized spacial score (nSPS) is 15.2. The zero-order valence-electron chi connectivity index (χ0n) is 16.1. The van der Waals surface area contributed by atoms with Gasteiger partial charge in [-0.05, 0) is 61.5 Å². The number of ether oxygens (including phenoxy) is 1. The fraction of sp³-hybridized carbons (Fsp3) is 0.190. The van der Waals surface area contributed by atoms with E-state index in [4.69, 9.17) is 16.3 Å². The first kappa shape index (κ1) is 21.9. The molecule has 1 heterocycles. The van der Waals surface area contributed by atoms with Gasteiger partial charge in [-0.3, -0.25) is 19.3 Å². The van der Waals surface area contributed by atoms with Crippen LogP contribution in [0.1, 0.15) is 19.4 Å². The van der Waals surface area contributed by atoms with Crippen LogP contribution >= 0.6 is 23.4 Å². The molecule has 0 aromatic heterocycles. The van der Waals surface area contributed by atoms with E-state index in [2.05, 4.69) is 5.32 Å². The number of rotatable bonds is 6. The number of amides is 3. The second kappa shape index (κ2) is 9.32. The van der Waals surface area contributed by atoms with E-state index in [9.17, 15) is 18.8 Å². The summed E-state index contributed by atoms with van der Waals surface area (Å²) < 4.78 is 19.0. The van der Waals surface area contributed by atoms with E-state index < -0.39 is 11.7 Å². The lowest BCUT2D eigenvalue weighted by Gasteiger charge is -2.16. The number of carbonyl (C=O) groups excluding carboxylic acids is 3. The van der Waals surface area contributed by atoms with Crippen molar-refractivity contribution >= 4 is 52.2 Å². The van der Waals surface area contributed by atoms with Crippen molar-refractivity contribution in [2.24, 2.45) is 0 Å². The number of imide groups is 1. The van der Waals surface area contributed by atoms with Crippen molar-refractivity contribution in [3.8, 4) is 5.75 Å². The Morgan fingerprint density at radius 1 is 1.27 bits per heavy atom. The largest absolute Gasteiger partial charge is 0.482 e. The lowest BCUT2D eigenvalue weighted by Crippen LogP contribution is -2.34. The minimum atomic E-state index is -0.546. The number of thioether (sulfide) groups is 1. The molecule has 1 aliphatic rings. The first-order chi connectivity index (χ1) is 14.3. The number of hydrogen-bond donors (Lipinski definition) is 1. The summed E-state index contributed by atoms with van der Waals surface area (Å²) in [6, 6.07) is 10.3. The van der Waals surface area contributed by atoms with Gasteiger partial charge in [0.25, 0.3) is 17.1 Å². The molecule has 0 atom stereocenters. The van der Waals surface area contributed by atoms with E-state index >= 15 is 0 Å². The van der Waals surface area contributed by atoms with Crippen molar-refractivity contribution in [2.75, 3.05) is 11.9 Å². The zero-order chi connectivity index (χ0) is 21.8. The van der Waals surface area contributed by atoms with Crippen LogP contribution in [0.2, 0.25) is 5.02 Å². The van der Waals surface area contributed by atoms with Crippen LogP contribution in [-0.4, -0.2) is 34.6 Å². The van der Waals surface area contributed by atoms with Crippen LogP contribution in [0, 0.1) is 5.82 Å². The molecule has 0 spiro atoms. The number of halogens is 2. The van der Waals surface area contributed by atoms with E-state index in [1.165, 1.54) is 23.1 Å². The van der Waals surface area contributed by atoms with Gasteiger partial charge in [0.2, 0.25) is 0 Å². The monoisotopic (exact) mass is 448 g/mol. The number of nitrogens with one attached hydrogen (secondary N) is 1. The number of nitrogens with zero attached hydrogens (tertiary/aromatic N) is 1. The van der Waals surface area contributed by atoms with Gasteiger partial charge in [0.15, 0.2) is 6.61 Å². The molecule has 3 rings (SSSR count). The summed E-state index contributed by atoms with van der Waals surface area (Å²) in [5.41, 5.74) is 0.667. The topological polar surface area (TPSA) is 75.7 Å². The highest BCUT2D eigenvalue weighted by Gasteiger charge is 2.36. The molecule has 1 N–H and O–H groups in total. The zero-order valence-corrected chi connectivity index (χ0v) is 17.7. The highest BCUT2D eigenvalue weighted by atomic mass is 35.5. The second-order valence-corrected chi connectivity index (χ2v) is 8.05. The van der Waals surface area contributed by atoms with Crippen LogP contribution in [-0.2, 0) is 9.59 Å². The van der Waals surface area contributed by atoms with Crippen LogP contribution in [0.4, 0.5) is 14.9 Å². The first-order valence-electron chi connectivity index (χ1n) is 9.00. The Hall–Kier alpha value is -2.84. The molecule has 0 radical (unpaired) electrons. The predicted octanol–water partition coefficient (Wildman–Crippen LogP) is 4.94. The summed E-state index contributed by atoms with van der Waals surface area (Å²) in [5.74, 6) is -1.17. The smallest absolute Gasteiger partial charge is 0.293 e. The Morgan fingerprint density at radius 2 is 2.00 bits per heavy atom. The van der Waals surface area contributed by atoms with Crippen molar-refractivity contribution < 1.29 is 23.5 Å². The van der Waals surface area contributed by atoms with Gasteiger partial charge in [-0.2, -0.15) is 0 Å². The third-order valence-electron chi connectivity index (χ3n) is 4.10. The Balaban J connectivity index is 1.64. The second-order valence-electron chi connectivity index (χ2n) is 6.65. The summed E-state index contributed by atoms with van der Waals surface area (Å²) in [6.45, 7) is 3.18. The fourth-order valence-corrected chi connectivity index (χ4v) is 3.90. The molecule has 2 aromatic rings. The van der Waals surface area contributed by atoms with E-state index in [-0.39, 0.29) is 40.3 Å². The molecule has 9 heteroatoms. The van der Waals surface area contributed by atoms with Crippen molar-refractivity contribution in [1.82, 2.24) is 4.90 Å². The molecule has 0 bridgehead atoms. The standard InChI is InChI=1S/C21H18ClFN2O4S/c1-12(2)25-20(27)18(30-21(25)28)10-13-7-8-17(14(22)9-13)29-11-19(26)24-16-6-4-3-5-15(16)23/h3-10,12H,11H2,1-2H3,(H,24,26)/b18-10-. The van der Waals surface area contributed by atoms with E-state index in [1.807, 2.05) is 0 Å². The van der Waals surface area contributed by atoms with Gasteiger partial charge in [0.1, 0.15) is 11.6 Å². The predicted molar refractivity (Wildman–Crippen MR) is 115 cm³/mol. The number of benzene rings is 2. The number of anilines is 1. The van der Waals surface area contributed by atoms with Gasteiger partial charge < -0.3 is 10.1 Å². The summed E-state index contributed by atoms with van der Waals surface area (Å²) in [6.07, 6.45) is 1.58. The molecule has 0 unspecified atom stereocenters. The van der Waals surface area contributed by atoms with Crippen molar-refractivity contribution in [3.63, 3.8) is 0 Å². The maximum Gasteiger partial charge on any atom is 0.293 e. The quantitative estimate of drug-likeness (QED) is 0.633. The molecule has 1 fully saturated rings. The molecule has 0 aliphatic carbocycles. The average Bonchev–Trinajstić information content (AvgIpc) is 2.96. The molecule has 0 saturated carbocycles. The van der Waals surface area contributed by atoms with Gasteiger partial charge in [-0.25, -0.2) is 4.39 Å². The summed E-state index contributed by atoms with van der Waals surface area (Å²) in [7, 11) is 0. The molecular formula is C21H18ClFN2O4S. The van der Waals surface area contributed by atoms with Crippen LogP contribution in [0.25, 0.3) is 6.08 Å². The van der Waals surface area contributed by atoms with Crippen LogP contribution < -0.4 is 10.1 Å². The molecule has 2 aromatic carbocycles. The SMILES string of the molecule is CC(C)N1C(=O)S/C(=C\c2ccc(OCC(=O)Nc3ccccc3F)c(Cl)c2)C1=O. The molecule has 1 aliphatic heterocycles. The van der Waals surface area contributed by atoms with Gasteiger partial charge in [-0.1, -0.05) is 29.8 Å². The molecule has 6 nitrogen and oxygen atoms in total. The average molecular weight is 449 g/mol. The molecule has 30 heavy (non-hydrogen) atoms. The Morgan fingerprint density at radius 3 is 2.63 bits per heavy atom. The Kier molecular flexibility index (Phi) is 6.79. The summed E-state index contributed by atoms with van der Waals surface area (Å²) >= 11 is 7.08. The first-order valence-corrected chi connectivity index (χ1v) is 10.2. The van der Waals surface area contributed by atoms with Gasteiger partial charge in [0, 0.05) is 6.04 Å². The van der Waals surface area contributed by atoms with Crippen molar-refractivity contribution in [3.05, 3.63) is 63.8 Å². The van der Waals surface area contributed by atoms with E-state index in [0.717, 1.165) is 11.8 Å². The third-order valence-corrected chi connectivity index (χ3v) is 5.28. The van der Waals surface area contributed by atoms with E-state index in [0.29, 0.717) is 10.5 Å². The molecular weight excluding hydrogens is 431 g/mol. The number of para-hydroxylation sites is 1. The van der Waals surface area contributed by atoms with E-state index in [1.54, 1.807) is 44.2 Å². The van der Waals surface area contributed by atoms with Crippen LogP contribution in [0.5, 0.6) is 5.75 Å². The maximum atomic E-state index is 13.6. The van der Waals surface area contributed by atoms with Crippen LogP contribution in [0.3, 0.4) is 0 Å². The summed E-state index contributed by atoms with van der Waals surface area (Å²) in [5, 5.41) is 2.33. The Bertz CT molecular complexity index is 1040. The van der Waals surface area contributed by atoms with Gasteiger partial charge >= 0.3 is 0 Å². The molecule has 1 saturated heterocycles. The van der Waals surface area contributed by atoms with Crippen molar-refractivity contribution in [2.45, 2.75) is 19.9 Å². The molecule has 156 valence electrons. The number of hydrogen-bond acceptors (Lipinski definition) is 5. The minimum Gasteiger partial charge on any atom is -0.482 e. The summed E-state index contributed by atoms with van der Waals surface area (Å²) in [4.78, 5) is 37.8. The lowest BCUT2D eigenvalue weighted by molar-refractivity contribution is -0.123. The molecule has 3 amide bonds. The highest BCUT2D eigenvalue weighted by Crippen LogP contribution is 2.34. The number of carbonyl (C=O) groups is 3. The highest BCUT2D eigenvalue weighted by molar-refractivity contribution is 8.18. The maximum absolute atomic E-state index is 13.6. The van der Waals surface area contributed by atoms with Gasteiger partial charge in [0.05, 0.1) is 15.6 Å². The minimum absolute atomic E-state index is 0.0582. The third kappa shape index (κ3) is 5.01. The fourth-order valence-electron chi connectivity index (χ4n) is 2.69. The van der Waals surface area contributed by atoms with Gasteiger partial charge in [-0.15, -0.1) is 0 Å². The van der Waals surface area contributed by atoms with Crippen molar-refractivity contribution in [1.29, 1.82) is 0 Å².